The van der Waals surface area contributed by atoms with E-state index in [0.717, 1.165) is 66.4 Å². The van der Waals surface area contributed by atoms with Crippen molar-refractivity contribution in [3.8, 4) is 6.07 Å². The van der Waals surface area contributed by atoms with Crippen LogP contribution >= 0.6 is 0 Å². The topological polar surface area (TPSA) is 108 Å². The smallest absolute Gasteiger partial charge is 0.414 e. The number of fused-ring (bicyclic) bond motifs is 3. The maximum atomic E-state index is 12.6. The van der Waals surface area contributed by atoms with Gasteiger partial charge >= 0.3 is 12.1 Å². The first-order valence-corrected chi connectivity index (χ1v) is 13.0. The van der Waals surface area contributed by atoms with Crippen molar-refractivity contribution in [1.82, 2.24) is 9.55 Å². The molecule has 1 amide bonds. The summed E-state index contributed by atoms with van der Waals surface area (Å²) in [6, 6.07) is 15.7. The third-order valence-electron chi connectivity index (χ3n) is 7.98. The van der Waals surface area contributed by atoms with Gasteiger partial charge in [-0.15, -0.1) is 0 Å². The Morgan fingerprint density at radius 2 is 1.97 bits per heavy atom. The molecule has 2 heterocycles. The van der Waals surface area contributed by atoms with Crippen LogP contribution in [0.2, 0.25) is 0 Å². The van der Waals surface area contributed by atoms with Gasteiger partial charge < -0.3 is 14.4 Å². The van der Waals surface area contributed by atoms with Crippen molar-refractivity contribution in [3.63, 3.8) is 0 Å². The molecule has 1 aliphatic carbocycles. The van der Waals surface area contributed by atoms with Crippen molar-refractivity contribution in [2.24, 2.45) is 5.92 Å². The highest BCUT2D eigenvalue weighted by atomic mass is 16.5. The highest BCUT2D eigenvalue weighted by Crippen LogP contribution is 2.41. The summed E-state index contributed by atoms with van der Waals surface area (Å²) in [4.78, 5) is 31.8. The van der Waals surface area contributed by atoms with Gasteiger partial charge in [0.15, 0.2) is 0 Å². The molecule has 1 aromatic heterocycles. The molecule has 2 aliphatic rings. The van der Waals surface area contributed by atoms with E-state index < -0.39 is 18.0 Å². The Kier molecular flexibility index (Phi) is 6.88. The summed E-state index contributed by atoms with van der Waals surface area (Å²) >= 11 is 0. The molecule has 5 rings (SSSR count). The molecule has 8 nitrogen and oxygen atoms in total. The number of amides is 1. The Morgan fingerprint density at radius 1 is 1.19 bits per heavy atom. The minimum absolute atomic E-state index is 0.00292. The zero-order valence-electron chi connectivity index (χ0n) is 21.3. The van der Waals surface area contributed by atoms with Crippen LogP contribution in [-0.4, -0.2) is 39.9 Å². The van der Waals surface area contributed by atoms with Crippen LogP contribution in [0.25, 0.3) is 11.0 Å². The highest BCUT2D eigenvalue weighted by Gasteiger charge is 2.34. The van der Waals surface area contributed by atoms with E-state index in [9.17, 15) is 20.0 Å². The molecular weight excluding hydrogens is 468 g/mol. The number of carbonyl (C=O) groups is 2. The van der Waals surface area contributed by atoms with E-state index >= 15 is 0 Å². The first-order valence-electron chi connectivity index (χ1n) is 13.0. The van der Waals surface area contributed by atoms with Crippen molar-refractivity contribution in [2.45, 2.75) is 69.9 Å². The van der Waals surface area contributed by atoms with E-state index in [1.807, 2.05) is 49.4 Å². The zero-order chi connectivity index (χ0) is 26.1. The number of aliphatic carboxylic acids is 1. The van der Waals surface area contributed by atoms with Crippen LogP contribution in [0.15, 0.2) is 42.5 Å². The van der Waals surface area contributed by atoms with Crippen molar-refractivity contribution < 1.29 is 19.4 Å². The van der Waals surface area contributed by atoms with Crippen LogP contribution in [0.3, 0.4) is 0 Å². The van der Waals surface area contributed by atoms with Gasteiger partial charge in [-0.25, -0.2) is 9.78 Å². The van der Waals surface area contributed by atoms with Gasteiger partial charge in [-0.3, -0.25) is 9.69 Å². The molecule has 0 spiro atoms. The Morgan fingerprint density at radius 3 is 2.68 bits per heavy atom. The molecule has 0 radical (unpaired) electrons. The summed E-state index contributed by atoms with van der Waals surface area (Å²) in [6.07, 6.45) is 4.87. The van der Waals surface area contributed by atoms with Crippen molar-refractivity contribution in [1.29, 1.82) is 5.26 Å². The number of nitrogens with zero attached hydrogens (tertiary/aromatic N) is 4. The SMILES string of the molecule is COC(=O)N1c2ccc3c(nc(CC(C(=O)O)c4ccccc4)n3[C@H]3CCC[C@H](C#N)C3)c2CC[C@@H]1C. The quantitative estimate of drug-likeness (QED) is 0.488. The number of rotatable bonds is 5. The second-order valence-electron chi connectivity index (χ2n) is 10.2. The zero-order valence-corrected chi connectivity index (χ0v) is 21.3. The van der Waals surface area contributed by atoms with E-state index in [2.05, 4.69) is 10.6 Å². The lowest BCUT2D eigenvalue weighted by Gasteiger charge is -2.34. The molecule has 2 aromatic carbocycles. The van der Waals surface area contributed by atoms with Crippen molar-refractivity contribution in [3.05, 3.63) is 59.4 Å². The third kappa shape index (κ3) is 4.55. The minimum Gasteiger partial charge on any atom is -0.481 e. The van der Waals surface area contributed by atoms with E-state index in [-0.39, 0.29) is 24.4 Å². The molecule has 1 saturated carbocycles. The molecule has 8 heteroatoms. The molecule has 3 aromatic rings. The monoisotopic (exact) mass is 500 g/mol. The number of hydrogen-bond donors (Lipinski definition) is 1. The number of hydrogen-bond acceptors (Lipinski definition) is 5. The van der Waals surface area contributed by atoms with E-state index in [1.54, 1.807) is 4.90 Å². The number of carbonyl (C=O) groups excluding carboxylic acids is 1. The summed E-state index contributed by atoms with van der Waals surface area (Å²) < 4.78 is 7.26. The number of aromatic nitrogens is 2. The molecule has 0 bridgehead atoms. The maximum Gasteiger partial charge on any atom is 0.414 e. The van der Waals surface area contributed by atoms with Gasteiger partial charge in [0.25, 0.3) is 0 Å². The summed E-state index contributed by atoms with van der Waals surface area (Å²) in [5.41, 5.74) is 4.27. The van der Waals surface area contributed by atoms with Crippen LogP contribution in [0.1, 0.15) is 67.9 Å². The number of aryl methyl sites for hydroxylation is 1. The van der Waals surface area contributed by atoms with Gasteiger partial charge in [0.2, 0.25) is 0 Å². The number of ether oxygens (including phenoxy) is 1. The van der Waals surface area contributed by atoms with E-state index in [4.69, 9.17) is 9.72 Å². The molecule has 1 unspecified atom stereocenters. The minimum atomic E-state index is -0.893. The fourth-order valence-electron chi connectivity index (χ4n) is 6.11. The number of nitriles is 1. The number of methoxy groups -OCH3 is 1. The second kappa shape index (κ2) is 10.3. The molecule has 1 N–H and O–H groups in total. The second-order valence-corrected chi connectivity index (χ2v) is 10.2. The number of carboxylic acid groups (broad SMARTS) is 1. The molecule has 192 valence electrons. The number of imidazole rings is 1. The normalized spacial score (nSPS) is 22.2. The third-order valence-corrected chi connectivity index (χ3v) is 7.98. The summed E-state index contributed by atoms with van der Waals surface area (Å²) in [6.45, 7) is 2.01. The van der Waals surface area contributed by atoms with Gasteiger partial charge in [0.1, 0.15) is 5.82 Å². The van der Waals surface area contributed by atoms with Crippen LogP contribution in [0, 0.1) is 17.2 Å². The average Bonchev–Trinajstić information content (AvgIpc) is 3.30. The van der Waals surface area contributed by atoms with Crippen LogP contribution in [0.4, 0.5) is 10.5 Å². The number of benzene rings is 2. The summed E-state index contributed by atoms with van der Waals surface area (Å²) in [5, 5.41) is 19.8. The van der Waals surface area contributed by atoms with E-state index in [0.29, 0.717) is 5.82 Å². The molecule has 4 atom stereocenters. The largest absolute Gasteiger partial charge is 0.481 e. The Bertz CT molecular complexity index is 1360. The molecule has 37 heavy (non-hydrogen) atoms. The summed E-state index contributed by atoms with van der Waals surface area (Å²) in [7, 11) is 1.39. The van der Waals surface area contributed by atoms with Gasteiger partial charge in [-0.1, -0.05) is 36.8 Å². The number of carboxylic acids is 1. The lowest BCUT2D eigenvalue weighted by atomic mass is 9.86. The van der Waals surface area contributed by atoms with Crippen molar-refractivity contribution >= 4 is 28.8 Å². The molecule has 0 saturated heterocycles. The lowest BCUT2D eigenvalue weighted by molar-refractivity contribution is -0.138. The Labute approximate surface area is 216 Å². The maximum absolute atomic E-state index is 12.6. The van der Waals surface area contributed by atoms with Gasteiger partial charge in [0.05, 0.1) is 35.8 Å². The summed E-state index contributed by atoms with van der Waals surface area (Å²) in [5.74, 6) is -0.946. The molecule has 1 fully saturated rings. The first kappa shape index (κ1) is 24.8. The highest BCUT2D eigenvalue weighted by molar-refractivity contribution is 5.95. The Balaban J connectivity index is 1.66. The van der Waals surface area contributed by atoms with Crippen LogP contribution in [-0.2, 0) is 22.4 Å². The Hall–Kier alpha value is -3.86. The first-order chi connectivity index (χ1) is 17.9. The standard InChI is InChI=1S/C29H32N4O4/c1-18-11-12-22-24(32(18)29(36)37-2)13-14-25-27(22)31-26(33(25)21-10-6-7-19(15-21)17-30)16-23(28(34)35)20-8-4-3-5-9-20/h3-5,8-9,13-14,18-19,21,23H,6-7,10-12,15-16H2,1-2H3,(H,34,35)/t18-,19-,21-,23?/m0/s1. The van der Waals surface area contributed by atoms with Crippen LogP contribution < -0.4 is 4.90 Å². The predicted octanol–water partition coefficient (Wildman–Crippen LogP) is 5.61. The van der Waals surface area contributed by atoms with Gasteiger partial charge in [-0.2, -0.15) is 5.26 Å². The van der Waals surface area contributed by atoms with Gasteiger partial charge in [-0.05, 0) is 56.7 Å². The van der Waals surface area contributed by atoms with Crippen molar-refractivity contribution in [2.75, 3.05) is 12.0 Å². The number of anilines is 1. The predicted molar refractivity (Wildman–Crippen MR) is 140 cm³/mol. The van der Waals surface area contributed by atoms with Crippen LogP contribution in [0.5, 0.6) is 0 Å². The molecular formula is C29H32N4O4. The average molecular weight is 501 g/mol. The molecule has 1 aliphatic heterocycles. The lowest BCUT2D eigenvalue weighted by Crippen LogP contribution is -2.42. The van der Waals surface area contributed by atoms with Gasteiger partial charge in [0, 0.05) is 30.0 Å². The van der Waals surface area contributed by atoms with E-state index in [1.165, 1.54) is 7.11 Å². The fourth-order valence-corrected chi connectivity index (χ4v) is 6.11. The fraction of sp³-hybridized carbons (Fsp3) is 0.448.